The molecule has 0 radical (unpaired) electrons. The summed E-state index contributed by atoms with van der Waals surface area (Å²) in [6.07, 6.45) is 2.34. The highest BCUT2D eigenvalue weighted by Crippen LogP contribution is 2.13. The summed E-state index contributed by atoms with van der Waals surface area (Å²) in [6.45, 7) is 0. The first-order valence-corrected chi connectivity index (χ1v) is 6.00. The molecular weight excluding hydrogens is 212 g/mol. The lowest BCUT2D eigenvalue weighted by Gasteiger charge is -2.01. The van der Waals surface area contributed by atoms with E-state index < -0.39 is 9.84 Å². The van der Waals surface area contributed by atoms with Crippen molar-refractivity contribution in [3.63, 3.8) is 0 Å². The fraction of sp³-hybridized carbons (Fsp3) is 0.100. The lowest BCUT2D eigenvalue weighted by atomic mass is 10.1. The van der Waals surface area contributed by atoms with Gasteiger partial charge in [0.05, 0.1) is 11.0 Å². The monoisotopic (exact) mass is 222 g/mol. The highest BCUT2D eigenvalue weighted by Gasteiger charge is 2.06. The van der Waals surface area contributed by atoms with Crippen molar-refractivity contribution in [2.45, 2.75) is 4.90 Å². The fourth-order valence-electron chi connectivity index (χ4n) is 1.05. The number of hydrogen-bond acceptors (Lipinski definition) is 4. The lowest BCUT2D eigenvalue weighted by molar-refractivity contribution is 0.602. The van der Waals surface area contributed by atoms with Crippen molar-refractivity contribution in [2.24, 2.45) is 5.73 Å². The Kier molecular flexibility index (Phi) is 3.12. The van der Waals surface area contributed by atoms with Crippen molar-refractivity contribution in [1.82, 2.24) is 0 Å². The first-order chi connectivity index (χ1) is 6.95. The van der Waals surface area contributed by atoms with Crippen molar-refractivity contribution in [3.05, 3.63) is 35.9 Å². The Morgan fingerprint density at radius 2 is 1.93 bits per heavy atom. The minimum atomic E-state index is -3.18. The van der Waals surface area contributed by atoms with Crippen LogP contribution in [-0.4, -0.2) is 14.7 Å². The highest BCUT2D eigenvalue weighted by atomic mass is 32.2. The van der Waals surface area contributed by atoms with E-state index in [1.165, 1.54) is 18.2 Å². The number of hydrogen-bond donors (Lipinski definition) is 1. The molecule has 0 saturated carbocycles. The van der Waals surface area contributed by atoms with Gasteiger partial charge < -0.3 is 5.73 Å². The van der Waals surface area contributed by atoms with Crippen LogP contribution in [-0.2, 0) is 9.84 Å². The van der Waals surface area contributed by atoms with E-state index in [0.29, 0.717) is 11.3 Å². The van der Waals surface area contributed by atoms with Gasteiger partial charge in [0.1, 0.15) is 0 Å². The first-order valence-electron chi connectivity index (χ1n) is 4.11. The second-order valence-corrected chi connectivity index (χ2v) is 5.04. The molecule has 0 heterocycles. The molecule has 0 saturated heterocycles. The van der Waals surface area contributed by atoms with E-state index in [-0.39, 0.29) is 4.90 Å². The standard InChI is InChI=1S/C10H10N2O2S/c1-15(13,14)9-4-2-8(3-5-9)10(12)6-7-11/h2-6H,12H2,1H3. The second-order valence-electron chi connectivity index (χ2n) is 3.03. The zero-order chi connectivity index (χ0) is 11.5. The second kappa shape index (κ2) is 4.15. The third-order valence-corrected chi connectivity index (χ3v) is 2.96. The van der Waals surface area contributed by atoms with Gasteiger partial charge in [-0.15, -0.1) is 0 Å². The maximum atomic E-state index is 11.1. The molecule has 0 aliphatic heterocycles. The first kappa shape index (κ1) is 11.3. The molecule has 1 rings (SSSR count). The molecule has 0 aromatic heterocycles. The van der Waals surface area contributed by atoms with Crippen LogP contribution in [0, 0.1) is 11.3 Å². The predicted molar refractivity (Wildman–Crippen MR) is 57.3 cm³/mol. The van der Waals surface area contributed by atoms with Crippen LogP contribution < -0.4 is 5.73 Å². The van der Waals surface area contributed by atoms with Gasteiger partial charge in [-0.05, 0) is 17.7 Å². The molecule has 0 aliphatic carbocycles. The van der Waals surface area contributed by atoms with E-state index in [1.807, 2.05) is 0 Å². The molecule has 0 atom stereocenters. The summed E-state index contributed by atoms with van der Waals surface area (Å²) < 4.78 is 22.3. The molecule has 5 heteroatoms. The van der Waals surface area contributed by atoms with Crippen LogP contribution in [0.2, 0.25) is 0 Å². The van der Waals surface area contributed by atoms with Gasteiger partial charge in [-0.25, -0.2) is 8.42 Å². The summed E-state index contributed by atoms with van der Waals surface area (Å²) in [5, 5.41) is 8.38. The van der Waals surface area contributed by atoms with E-state index in [9.17, 15) is 8.42 Å². The molecular formula is C10H10N2O2S. The zero-order valence-corrected chi connectivity index (χ0v) is 8.95. The molecule has 4 nitrogen and oxygen atoms in total. The Morgan fingerprint density at radius 3 is 2.33 bits per heavy atom. The SMILES string of the molecule is CS(=O)(=O)c1ccc(C(N)=CC#N)cc1. The molecule has 15 heavy (non-hydrogen) atoms. The molecule has 1 aromatic rings. The van der Waals surface area contributed by atoms with Gasteiger partial charge >= 0.3 is 0 Å². The number of rotatable bonds is 2. The van der Waals surface area contributed by atoms with Crippen molar-refractivity contribution >= 4 is 15.5 Å². The maximum absolute atomic E-state index is 11.1. The number of nitrogens with zero attached hydrogens (tertiary/aromatic N) is 1. The minimum Gasteiger partial charge on any atom is -0.398 e. The average Bonchev–Trinajstić information content (AvgIpc) is 2.17. The predicted octanol–water partition coefficient (Wildman–Crippen LogP) is 0.913. The Hall–Kier alpha value is -1.80. The van der Waals surface area contributed by atoms with Crippen LogP contribution in [0.25, 0.3) is 5.70 Å². The zero-order valence-electron chi connectivity index (χ0n) is 8.14. The van der Waals surface area contributed by atoms with Gasteiger partial charge in [-0.2, -0.15) is 5.26 Å². The quantitative estimate of drug-likeness (QED) is 0.754. The summed E-state index contributed by atoms with van der Waals surface area (Å²) in [6, 6.07) is 7.87. The molecule has 0 unspecified atom stereocenters. The van der Waals surface area contributed by atoms with Gasteiger partial charge in [-0.3, -0.25) is 0 Å². The third-order valence-electron chi connectivity index (χ3n) is 1.84. The Morgan fingerprint density at radius 1 is 1.40 bits per heavy atom. The number of benzene rings is 1. The van der Waals surface area contributed by atoms with E-state index in [0.717, 1.165) is 6.26 Å². The summed E-state index contributed by atoms with van der Waals surface area (Å²) in [7, 11) is -3.18. The summed E-state index contributed by atoms with van der Waals surface area (Å²) in [5.41, 5.74) is 6.50. The summed E-state index contributed by atoms with van der Waals surface area (Å²) in [5.74, 6) is 0. The third kappa shape index (κ3) is 2.82. The topological polar surface area (TPSA) is 83.9 Å². The fourth-order valence-corrected chi connectivity index (χ4v) is 1.68. The van der Waals surface area contributed by atoms with Gasteiger partial charge in [0.15, 0.2) is 9.84 Å². The number of nitrogens with two attached hydrogens (primary N) is 1. The van der Waals surface area contributed by atoms with E-state index in [2.05, 4.69) is 0 Å². The normalized spacial score (nSPS) is 12.1. The van der Waals surface area contributed by atoms with Gasteiger partial charge in [0.2, 0.25) is 0 Å². The maximum Gasteiger partial charge on any atom is 0.175 e. The van der Waals surface area contributed by atoms with Crippen molar-refractivity contribution in [2.75, 3.05) is 6.26 Å². The van der Waals surface area contributed by atoms with Crippen molar-refractivity contribution < 1.29 is 8.42 Å². The Labute approximate surface area is 88.6 Å². The lowest BCUT2D eigenvalue weighted by Crippen LogP contribution is -1.99. The van der Waals surface area contributed by atoms with Crippen LogP contribution in [0.3, 0.4) is 0 Å². The molecule has 0 fully saturated rings. The molecule has 78 valence electrons. The van der Waals surface area contributed by atoms with Crippen molar-refractivity contribution in [3.8, 4) is 6.07 Å². The van der Waals surface area contributed by atoms with Gasteiger partial charge in [-0.1, -0.05) is 12.1 Å². The molecule has 0 amide bonds. The van der Waals surface area contributed by atoms with Crippen LogP contribution in [0.1, 0.15) is 5.56 Å². The van der Waals surface area contributed by atoms with Gasteiger partial charge in [0, 0.05) is 18.0 Å². The van der Waals surface area contributed by atoms with E-state index in [4.69, 9.17) is 11.0 Å². The smallest absolute Gasteiger partial charge is 0.175 e. The largest absolute Gasteiger partial charge is 0.398 e. The molecule has 0 bridgehead atoms. The summed E-state index contributed by atoms with van der Waals surface area (Å²) in [4.78, 5) is 0.232. The molecule has 0 spiro atoms. The van der Waals surface area contributed by atoms with Crippen LogP contribution in [0.5, 0.6) is 0 Å². The molecule has 1 aromatic carbocycles. The Bertz CT molecular complexity index is 522. The van der Waals surface area contributed by atoms with Crippen LogP contribution in [0.15, 0.2) is 35.2 Å². The highest BCUT2D eigenvalue weighted by molar-refractivity contribution is 7.90. The Balaban J connectivity index is 3.13. The summed E-state index contributed by atoms with van der Waals surface area (Å²) >= 11 is 0. The minimum absolute atomic E-state index is 0.232. The number of nitriles is 1. The number of sulfone groups is 1. The molecule has 2 N–H and O–H groups in total. The van der Waals surface area contributed by atoms with E-state index in [1.54, 1.807) is 18.2 Å². The van der Waals surface area contributed by atoms with Crippen LogP contribution >= 0.6 is 0 Å². The average molecular weight is 222 g/mol. The van der Waals surface area contributed by atoms with Crippen LogP contribution in [0.4, 0.5) is 0 Å². The van der Waals surface area contributed by atoms with Gasteiger partial charge in [0.25, 0.3) is 0 Å². The van der Waals surface area contributed by atoms with E-state index >= 15 is 0 Å². The molecule has 0 aliphatic rings. The number of allylic oxidation sites excluding steroid dienone is 1. The van der Waals surface area contributed by atoms with Crippen molar-refractivity contribution in [1.29, 1.82) is 5.26 Å².